The highest BCUT2D eigenvalue weighted by molar-refractivity contribution is 5.03. The van der Waals surface area contributed by atoms with Crippen LogP contribution in [0.15, 0.2) is 0 Å². The SMILES string of the molecule is OC1CC2CC3CC1C(C3)C2O. The van der Waals surface area contributed by atoms with Crippen molar-refractivity contribution in [1.29, 1.82) is 0 Å². The van der Waals surface area contributed by atoms with E-state index in [-0.39, 0.29) is 12.2 Å². The molecule has 0 aromatic heterocycles. The summed E-state index contributed by atoms with van der Waals surface area (Å²) in [4.78, 5) is 0. The van der Waals surface area contributed by atoms with E-state index in [0.29, 0.717) is 17.8 Å². The lowest BCUT2D eigenvalue weighted by molar-refractivity contribution is -0.0743. The smallest absolute Gasteiger partial charge is 0.0601 e. The average Bonchev–Trinajstić information content (AvgIpc) is 2.31. The molecule has 2 N–H and O–H groups in total. The largest absolute Gasteiger partial charge is 0.393 e. The minimum absolute atomic E-state index is 0.0860. The van der Waals surface area contributed by atoms with Gasteiger partial charge in [-0.15, -0.1) is 0 Å². The fourth-order valence-electron chi connectivity index (χ4n) is 3.88. The molecule has 6 atom stereocenters. The van der Waals surface area contributed by atoms with Crippen molar-refractivity contribution in [2.24, 2.45) is 23.7 Å². The van der Waals surface area contributed by atoms with Gasteiger partial charge in [0.2, 0.25) is 0 Å². The third kappa shape index (κ3) is 0.775. The van der Waals surface area contributed by atoms with Gasteiger partial charge >= 0.3 is 0 Å². The number of hydrogen-bond acceptors (Lipinski definition) is 2. The van der Waals surface area contributed by atoms with Crippen LogP contribution in [0.3, 0.4) is 0 Å². The van der Waals surface area contributed by atoms with E-state index in [4.69, 9.17) is 0 Å². The first-order valence-electron chi connectivity index (χ1n) is 5.12. The highest BCUT2D eigenvalue weighted by atomic mass is 16.3. The first-order chi connectivity index (χ1) is 5.75. The molecule has 3 bridgehead atoms. The molecular formula is C10H16O2. The number of rotatable bonds is 0. The Balaban J connectivity index is 1.97. The summed E-state index contributed by atoms with van der Waals surface area (Å²) in [5, 5.41) is 19.7. The summed E-state index contributed by atoms with van der Waals surface area (Å²) in [6.07, 6.45) is 4.20. The number of aliphatic hydroxyl groups is 2. The number of hydrogen-bond donors (Lipinski definition) is 2. The summed E-state index contributed by atoms with van der Waals surface area (Å²) in [6.45, 7) is 0. The molecule has 68 valence electrons. The molecule has 2 heteroatoms. The Hall–Kier alpha value is -0.0800. The van der Waals surface area contributed by atoms with Crippen LogP contribution in [0, 0.1) is 23.7 Å². The van der Waals surface area contributed by atoms with E-state index >= 15 is 0 Å². The van der Waals surface area contributed by atoms with Gasteiger partial charge in [-0.1, -0.05) is 0 Å². The van der Waals surface area contributed by atoms with Gasteiger partial charge in [-0.05, 0) is 49.4 Å². The normalized spacial score (nSPS) is 62.5. The molecule has 0 spiro atoms. The van der Waals surface area contributed by atoms with Crippen LogP contribution in [0.5, 0.6) is 0 Å². The zero-order chi connectivity index (χ0) is 8.29. The van der Waals surface area contributed by atoms with Crippen molar-refractivity contribution in [3.63, 3.8) is 0 Å². The van der Waals surface area contributed by atoms with E-state index < -0.39 is 0 Å². The lowest BCUT2D eigenvalue weighted by Crippen LogP contribution is -2.44. The van der Waals surface area contributed by atoms with E-state index in [9.17, 15) is 10.2 Å². The van der Waals surface area contributed by atoms with E-state index in [2.05, 4.69) is 0 Å². The molecule has 0 radical (unpaired) electrons. The van der Waals surface area contributed by atoms with Crippen LogP contribution in [-0.2, 0) is 0 Å². The highest BCUT2D eigenvalue weighted by Gasteiger charge is 2.53. The third-order valence-electron chi connectivity index (χ3n) is 4.36. The molecule has 0 amide bonds. The fourth-order valence-corrected chi connectivity index (χ4v) is 3.88. The summed E-state index contributed by atoms with van der Waals surface area (Å²) in [5.74, 6) is 2.12. The minimum atomic E-state index is -0.101. The molecule has 2 nitrogen and oxygen atoms in total. The van der Waals surface area contributed by atoms with Crippen LogP contribution in [-0.4, -0.2) is 22.4 Å². The molecule has 12 heavy (non-hydrogen) atoms. The topological polar surface area (TPSA) is 40.5 Å². The predicted molar refractivity (Wildman–Crippen MR) is 44.4 cm³/mol. The summed E-state index contributed by atoms with van der Waals surface area (Å²) >= 11 is 0. The van der Waals surface area contributed by atoms with Crippen molar-refractivity contribution in [2.45, 2.75) is 37.9 Å². The van der Waals surface area contributed by atoms with E-state index in [1.165, 1.54) is 19.3 Å². The second-order valence-corrected chi connectivity index (χ2v) is 4.95. The maximum absolute atomic E-state index is 9.89. The van der Waals surface area contributed by atoms with Crippen molar-refractivity contribution in [3.05, 3.63) is 0 Å². The average molecular weight is 168 g/mol. The Bertz CT molecular complexity index is 200. The Labute approximate surface area is 72.6 Å². The predicted octanol–water partition coefficient (Wildman–Crippen LogP) is 0.774. The van der Waals surface area contributed by atoms with Gasteiger partial charge in [0.1, 0.15) is 0 Å². The van der Waals surface area contributed by atoms with Gasteiger partial charge < -0.3 is 10.2 Å². The molecule has 0 aromatic carbocycles. The van der Waals surface area contributed by atoms with Crippen LogP contribution in [0.4, 0.5) is 0 Å². The molecule has 3 aliphatic carbocycles. The molecular weight excluding hydrogens is 152 g/mol. The Morgan fingerprint density at radius 2 is 1.58 bits per heavy atom. The van der Waals surface area contributed by atoms with Crippen LogP contribution < -0.4 is 0 Å². The molecule has 0 saturated heterocycles. The van der Waals surface area contributed by atoms with Gasteiger partial charge in [-0.25, -0.2) is 0 Å². The Morgan fingerprint density at radius 1 is 0.833 bits per heavy atom. The van der Waals surface area contributed by atoms with Gasteiger partial charge in [0, 0.05) is 0 Å². The molecule has 3 aliphatic rings. The zero-order valence-corrected chi connectivity index (χ0v) is 7.19. The molecule has 3 saturated carbocycles. The summed E-state index contributed by atoms with van der Waals surface area (Å²) < 4.78 is 0. The molecule has 3 fully saturated rings. The third-order valence-corrected chi connectivity index (χ3v) is 4.36. The van der Waals surface area contributed by atoms with Crippen molar-refractivity contribution in [3.8, 4) is 0 Å². The van der Waals surface area contributed by atoms with E-state index in [0.717, 1.165) is 12.3 Å². The Morgan fingerprint density at radius 3 is 2.42 bits per heavy atom. The standard InChI is InChI=1S/C10H16O2/c11-9-4-6-1-5-2-7(9)8(3-5)10(6)12/h5-12H,1-4H2. The van der Waals surface area contributed by atoms with Gasteiger partial charge in [0.25, 0.3) is 0 Å². The quantitative estimate of drug-likeness (QED) is 0.561. The van der Waals surface area contributed by atoms with Crippen molar-refractivity contribution in [1.82, 2.24) is 0 Å². The van der Waals surface area contributed by atoms with E-state index in [1.807, 2.05) is 0 Å². The first-order valence-corrected chi connectivity index (χ1v) is 5.12. The highest BCUT2D eigenvalue weighted by Crippen LogP contribution is 2.55. The second-order valence-electron chi connectivity index (χ2n) is 4.95. The van der Waals surface area contributed by atoms with Crippen LogP contribution in [0.1, 0.15) is 25.7 Å². The summed E-state index contributed by atoms with van der Waals surface area (Å²) in [6, 6.07) is 0. The zero-order valence-electron chi connectivity index (χ0n) is 7.19. The lowest BCUT2D eigenvalue weighted by atomic mass is 9.69. The lowest BCUT2D eigenvalue weighted by Gasteiger charge is -2.41. The van der Waals surface area contributed by atoms with Gasteiger partial charge in [0.15, 0.2) is 0 Å². The molecule has 0 aliphatic heterocycles. The van der Waals surface area contributed by atoms with Crippen LogP contribution in [0.2, 0.25) is 0 Å². The van der Waals surface area contributed by atoms with Crippen molar-refractivity contribution >= 4 is 0 Å². The Kier molecular flexibility index (Phi) is 1.37. The van der Waals surface area contributed by atoms with Gasteiger partial charge in [-0.2, -0.15) is 0 Å². The number of aliphatic hydroxyl groups excluding tert-OH is 2. The van der Waals surface area contributed by atoms with Crippen LogP contribution >= 0.6 is 0 Å². The van der Waals surface area contributed by atoms with Crippen LogP contribution in [0.25, 0.3) is 0 Å². The fraction of sp³-hybridized carbons (Fsp3) is 1.00. The van der Waals surface area contributed by atoms with Gasteiger partial charge in [-0.3, -0.25) is 0 Å². The first kappa shape index (κ1) is 7.34. The molecule has 0 heterocycles. The van der Waals surface area contributed by atoms with Crippen molar-refractivity contribution < 1.29 is 10.2 Å². The minimum Gasteiger partial charge on any atom is -0.393 e. The molecule has 6 unspecified atom stereocenters. The van der Waals surface area contributed by atoms with E-state index in [1.54, 1.807) is 0 Å². The van der Waals surface area contributed by atoms with Crippen molar-refractivity contribution in [2.75, 3.05) is 0 Å². The number of fused-ring (bicyclic) bond motifs is 2. The summed E-state index contributed by atoms with van der Waals surface area (Å²) in [7, 11) is 0. The molecule has 0 aromatic rings. The maximum atomic E-state index is 9.89. The summed E-state index contributed by atoms with van der Waals surface area (Å²) in [5.41, 5.74) is 0. The maximum Gasteiger partial charge on any atom is 0.0601 e. The molecule has 3 rings (SSSR count). The monoisotopic (exact) mass is 168 g/mol. The second kappa shape index (κ2) is 2.24. The van der Waals surface area contributed by atoms with Gasteiger partial charge in [0.05, 0.1) is 12.2 Å².